The standard InChI is InChI=1S/C3H5N5.C2HF3O2/c4-2-6-1-7-3(5)8-2;3-2(4,5)1(6)7/h1H,(H4,4,5,6,7,8);(H,6,7). The van der Waals surface area contributed by atoms with Gasteiger partial charge in [0, 0.05) is 0 Å². The number of hydrogen-bond acceptors (Lipinski definition) is 6. The van der Waals surface area contributed by atoms with E-state index in [2.05, 4.69) is 15.0 Å². The minimum atomic E-state index is -5.08. The maximum atomic E-state index is 10.6. The van der Waals surface area contributed by atoms with Gasteiger partial charge in [-0.15, -0.1) is 0 Å². The number of carboxylic acid groups (broad SMARTS) is 1. The lowest BCUT2D eigenvalue weighted by Gasteiger charge is -1.93. The molecule has 0 amide bonds. The highest BCUT2D eigenvalue weighted by Gasteiger charge is 2.38. The number of anilines is 2. The molecule has 84 valence electrons. The number of nitrogens with two attached hydrogens (primary N) is 2. The lowest BCUT2D eigenvalue weighted by atomic mass is 10.7. The number of halogens is 3. The molecule has 1 aromatic heterocycles. The van der Waals surface area contributed by atoms with Crippen molar-refractivity contribution in [1.29, 1.82) is 0 Å². The van der Waals surface area contributed by atoms with Crippen molar-refractivity contribution in [3.05, 3.63) is 6.33 Å². The first kappa shape index (κ1) is 12.9. The monoisotopic (exact) mass is 225 g/mol. The molecule has 0 radical (unpaired) electrons. The maximum Gasteiger partial charge on any atom is 0.490 e. The normalized spacial score (nSPS) is 10.1. The summed E-state index contributed by atoms with van der Waals surface area (Å²) in [6, 6.07) is 0. The van der Waals surface area contributed by atoms with Crippen LogP contribution in [0.3, 0.4) is 0 Å². The molecule has 1 rings (SSSR count). The van der Waals surface area contributed by atoms with Gasteiger partial charge in [-0.3, -0.25) is 0 Å². The molecule has 0 unspecified atom stereocenters. The van der Waals surface area contributed by atoms with E-state index in [1.807, 2.05) is 0 Å². The summed E-state index contributed by atoms with van der Waals surface area (Å²) in [5.41, 5.74) is 10.2. The highest BCUT2D eigenvalue weighted by Crippen LogP contribution is 2.13. The van der Waals surface area contributed by atoms with Gasteiger partial charge in [-0.1, -0.05) is 0 Å². The minimum absolute atomic E-state index is 0.150. The van der Waals surface area contributed by atoms with E-state index in [9.17, 15) is 13.2 Å². The van der Waals surface area contributed by atoms with Crippen LogP contribution in [0.1, 0.15) is 0 Å². The molecule has 0 aromatic carbocycles. The third-order valence-corrected chi connectivity index (χ3v) is 0.852. The van der Waals surface area contributed by atoms with Crippen LogP contribution in [0.25, 0.3) is 0 Å². The van der Waals surface area contributed by atoms with Gasteiger partial charge in [0.25, 0.3) is 0 Å². The summed E-state index contributed by atoms with van der Waals surface area (Å²) in [4.78, 5) is 19.4. The van der Waals surface area contributed by atoms with Crippen molar-refractivity contribution in [2.75, 3.05) is 11.5 Å². The van der Waals surface area contributed by atoms with Crippen molar-refractivity contribution >= 4 is 17.9 Å². The van der Waals surface area contributed by atoms with E-state index in [1.54, 1.807) is 0 Å². The van der Waals surface area contributed by atoms with E-state index in [0.717, 1.165) is 0 Å². The fourth-order valence-corrected chi connectivity index (χ4v) is 0.322. The summed E-state index contributed by atoms with van der Waals surface area (Å²) in [5, 5.41) is 7.12. The molecule has 0 bridgehead atoms. The van der Waals surface area contributed by atoms with Crippen LogP contribution >= 0.6 is 0 Å². The van der Waals surface area contributed by atoms with E-state index in [1.165, 1.54) is 6.33 Å². The van der Waals surface area contributed by atoms with E-state index >= 15 is 0 Å². The highest BCUT2D eigenvalue weighted by atomic mass is 19.4. The van der Waals surface area contributed by atoms with E-state index < -0.39 is 12.1 Å². The Labute approximate surface area is 81.0 Å². The Morgan fingerprint density at radius 3 is 1.73 bits per heavy atom. The van der Waals surface area contributed by atoms with Gasteiger partial charge in [-0.05, 0) is 0 Å². The summed E-state index contributed by atoms with van der Waals surface area (Å²) in [5.74, 6) is -2.46. The van der Waals surface area contributed by atoms with Crippen molar-refractivity contribution in [3.63, 3.8) is 0 Å². The van der Waals surface area contributed by atoms with Gasteiger partial charge in [0.05, 0.1) is 0 Å². The quantitative estimate of drug-likeness (QED) is 0.551. The molecule has 1 aromatic rings. The molecule has 0 saturated carbocycles. The summed E-state index contributed by atoms with van der Waals surface area (Å²) < 4.78 is 31.7. The van der Waals surface area contributed by atoms with Crippen molar-refractivity contribution < 1.29 is 23.1 Å². The Morgan fingerprint density at radius 2 is 1.60 bits per heavy atom. The minimum Gasteiger partial charge on any atom is -0.475 e. The summed E-state index contributed by atoms with van der Waals surface area (Å²) in [7, 11) is 0. The SMILES string of the molecule is Nc1ncnc(N)n1.O=C(O)C(F)(F)F. The van der Waals surface area contributed by atoms with Crippen molar-refractivity contribution in [3.8, 4) is 0 Å². The van der Waals surface area contributed by atoms with Crippen molar-refractivity contribution in [2.45, 2.75) is 6.18 Å². The summed E-state index contributed by atoms with van der Waals surface area (Å²) in [6.07, 6.45) is -3.82. The molecule has 5 N–H and O–H groups in total. The van der Waals surface area contributed by atoms with E-state index in [4.69, 9.17) is 21.4 Å². The molecule has 1 heterocycles. The van der Waals surface area contributed by atoms with E-state index in [-0.39, 0.29) is 11.9 Å². The Morgan fingerprint density at radius 1 is 1.27 bits per heavy atom. The fourth-order valence-electron chi connectivity index (χ4n) is 0.322. The smallest absolute Gasteiger partial charge is 0.475 e. The van der Waals surface area contributed by atoms with Crippen LogP contribution in [0.15, 0.2) is 6.33 Å². The van der Waals surface area contributed by atoms with Crippen LogP contribution in [-0.4, -0.2) is 32.2 Å². The maximum absolute atomic E-state index is 10.6. The van der Waals surface area contributed by atoms with Gasteiger partial charge in [0.15, 0.2) is 0 Å². The predicted molar refractivity (Wildman–Crippen MR) is 42.3 cm³/mol. The number of nitrogens with zero attached hydrogens (tertiary/aromatic N) is 3. The number of aromatic nitrogens is 3. The van der Waals surface area contributed by atoms with Gasteiger partial charge in [0.2, 0.25) is 11.9 Å². The zero-order valence-corrected chi connectivity index (χ0v) is 7.06. The number of carboxylic acids is 1. The zero-order chi connectivity index (χ0) is 12.1. The van der Waals surface area contributed by atoms with Gasteiger partial charge in [-0.2, -0.15) is 18.2 Å². The number of alkyl halides is 3. The Kier molecular flexibility index (Phi) is 4.23. The Bertz CT molecular complexity index is 324. The van der Waals surface area contributed by atoms with Crippen LogP contribution < -0.4 is 11.5 Å². The summed E-state index contributed by atoms with van der Waals surface area (Å²) in [6.45, 7) is 0. The molecule has 15 heavy (non-hydrogen) atoms. The second kappa shape index (κ2) is 4.93. The third kappa shape index (κ3) is 6.01. The van der Waals surface area contributed by atoms with Gasteiger partial charge in [-0.25, -0.2) is 14.8 Å². The number of hydrogen-bond donors (Lipinski definition) is 3. The van der Waals surface area contributed by atoms with Crippen LogP contribution in [0.4, 0.5) is 25.1 Å². The van der Waals surface area contributed by atoms with Crippen LogP contribution in [0.2, 0.25) is 0 Å². The van der Waals surface area contributed by atoms with Crippen LogP contribution in [-0.2, 0) is 4.79 Å². The van der Waals surface area contributed by atoms with Crippen molar-refractivity contribution in [2.24, 2.45) is 0 Å². The first-order chi connectivity index (χ1) is 6.73. The number of rotatable bonds is 0. The number of carbonyl (C=O) groups is 1. The molecule has 7 nitrogen and oxygen atoms in total. The molecule has 0 spiro atoms. The first-order valence-electron chi connectivity index (χ1n) is 3.23. The average molecular weight is 225 g/mol. The second-order valence-electron chi connectivity index (χ2n) is 2.00. The average Bonchev–Trinajstić information content (AvgIpc) is 2.02. The lowest BCUT2D eigenvalue weighted by Crippen LogP contribution is -2.21. The molecule has 0 aliphatic carbocycles. The molecule has 10 heteroatoms. The number of aliphatic carboxylic acids is 1. The van der Waals surface area contributed by atoms with Crippen LogP contribution in [0.5, 0.6) is 0 Å². The predicted octanol–water partition coefficient (Wildman–Crippen LogP) is -0.331. The van der Waals surface area contributed by atoms with Crippen molar-refractivity contribution in [1.82, 2.24) is 15.0 Å². The molecular weight excluding hydrogens is 219 g/mol. The molecule has 0 aliphatic heterocycles. The third-order valence-electron chi connectivity index (χ3n) is 0.852. The lowest BCUT2D eigenvalue weighted by molar-refractivity contribution is -0.192. The topological polar surface area (TPSA) is 128 Å². The number of nitrogen functional groups attached to an aromatic ring is 2. The van der Waals surface area contributed by atoms with Gasteiger partial charge < -0.3 is 16.6 Å². The molecule has 0 fully saturated rings. The molecule has 0 saturated heterocycles. The molecule has 0 aliphatic rings. The largest absolute Gasteiger partial charge is 0.490 e. The van der Waals surface area contributed by atoms with Crippen LogP contribution in [0, 0.1) is 0 Å². The fraction of sp³-hybridized carbons (Fsp3) is 0.200. The highest BCUT2D eigenvalue weighted by molar-refractivity contribution is 5.73. The second-order valence-corrected chi connectivity index (χ2v) is 2.00. The molecular formula is C5H6F3N5O2. The van der Waals surface area contributed by atoms with E-state index in [0.29, 0.717) is 0 Å². The first-order valence-corrected chi connectivity index (χ1v) is 3.23. The Balaban J connectivity index is 0.000000265. The van der Waals surface area contributed by atoms with Gasteiger partial charge in [0.1, 0.15) is 6.33 Å². The Hall–Kier alpha value is -2.13. The zero-order valence-electron chi connectivity index (χ0n) is 7.06. The molecule has 0 atom stereocenters. The summed E-state index contributed by atoms with van der Waals surface area (Å²) >= 11 is 0. The van der Waals surface area contributed by atoms with Gasteiger partial charge >= 0.3 is 12.1 Å².